The van der Waals surface area contributed by atoms with Gasteiger partial charge in [-0.1, -0.05) is 11.6 Å². The van der Waals surface area contributed by atoms with Gasteiger partial charge < -0.3 is 10.0 Å². The summed E-state index contributed by atoms with van der Waals surface area (Å²) in [6.45, 7) is 2.21. The topological polar surface area (TPSA) is 71.4 Å². The molecule has 7 heteroatoms. The molecule has 1 unspecified atom stereocenters. The zero-order chi connectivity index (χ0) is 14.5. The molecule has 1 aliphatic heterocycles. The Morgan fingerprint density at radius 2 is 2.16 bits per heavy atom. The van der Waals surface area contributed by atoms with Crippen LogP contribution in [0.5, 0.6) is 0 Å². The summed E-state index contributed by atoms with van der Waals surface area (Å²) >= 11 is 0. The van der Waals surface area contributed by atoms with Crippen molar-refractivity contribution >= 4 is 13.6 Å². The Kier molecular flexibility index (Phi) is 6.20. The van der Waals surface area contributed by atoms with E-state index in [2.05, 4.69) is 10.8 Å². The summed E-state index contributed by atoms with van der Waals surface area (Å²) in [5, 5.41) is 8.89. The lowest BCUT2D eigenvalue weighted by Gasteiger charge is -2.32. The van der Waals surface area contributed by atoms with E-state index in [1.165, 1.54) is 19.8 Å². The molecule has 0 aliphatic carbocycles. The second-order valence-electron chi connectivity index (χ2n) is 4.53. The van der Waals surface area contributed by atoms with Crippen LogP contribution in [0.2, 0.25) is 0 Å². The Morgan fingerprint density at radius 3 is 2.68 bits per heavy atom. The summed E-state index contributed by atoms with van der Waals surface area (Å²) in [4.78, 5) is 1.95. The minimum atomic E-state index is -3.40. The molecule has 1 atom stereocenters. The van der Waals surface area contributed by atoms with Gasteiger partial charge in [0.25, 0.3) is 0 Å². The van der Waals surface area contributed by atoms with Gasteiger partial charge >= 0.3 is 7.75 Å². The summed E-state index contributed by atoms with van der Waals surface area (Å²) in [7, 11) is 1.15. The smallest absolute Gasteiger partial charge is 0.396 e. The van der Waals surface area contributed by atoms with Crippen molar-refractivity contribution in [2.45, 2.75) is 32.2 Å². The van der Waals surface area contributed by atoms with Crippen molar-refractivity contribution in [1.29, 1.82) is 0 Å². The van der Waals surface area contributed by atoms with Crippen LogP contribution in [0, 0.1) is 0 Å². The molecule has 19 heavy (non-hydrogen) atoms. The molecule has 1 N–H and O–H groups in total. The molecule has 0 amide bonds. The Bertz CT molecular complexity index is 401. The van der Waals surface area contributed by atoms with Gasteiger partial charge in [0.05, 0.1) is 0 Å². The molecule has 0 fully saturated rings. The zero-order valence-electron chi connectivity index (χ0n) is 12.0. The highest BCUT2D eigenvalue weighted by Gasteiger charge is 2.26. The number of amidine groups is 1. The second-order valence-corrected chi connectivity index (χ2v) is 6.40. The van der Waals surface area contributed by atoms with Gasteiger partial charge in [-0.3, -0.25) is 9.05 Å². The third-order valence-corrected chi connectivity index (χ3v) is 4.63. The van der Waals surface area contributed by atoms with Gasteiger partial charge in [0.15, 0.2) is 0 Å². The van der Waals surface area contributed by atoms with Gasteiger partial charge in [-0.2, -0.15) is 4.76 Å². The predicted molar refractivity (Wildman–Crippen MR) is 75.3 cm³/mol. The van der Waals surface area contributed by atoms with Crippen molar-refractivity contribution in [3.63, 3.8) is 0 Å². The van der Waals surface area contributed by atoms with E-state index in [4.69, 9.17) is 14.2 Å². The SMILES string of the molecule is COP(=O)(/N=C1/CC(CCCO)=CC(C)N1C)OC. The highest BCUT2D eigenvalue weighted by atomic mass is 31.2. The lowest BCUT2D eigenvalue weighted by atomic mass is 9.99. The third-order valence-electron chi connectivity index (χ3n) is 3.24. The average Bonchev–Trinajstić information content (AvgIpc) is 2.41. The Labute approximate surface area is 114 Å². The first kappa shape index (κ1) is 16.4. The fourth-order valence-electron chi connectivity index (χ4n) is 1.96. The lowest BCUT2D eigenvalue weighted by Crippen LogP contribution is -2.37. The number of aliphatic hydroxyl groups excluding tert-OH is 1. The maximum absolute atomic E-state index is 12.1. The fraction of sp³-hybridized carbons (Fsp3) is 0.750. The van der Waals surface area contributed by atoms with Crippen LogP contribution in [0.4, 0.5) is 0 Å². The molecule has 0 aromatic carbocycles. The molecule has 0 saturated heterocycles. The Morgan fingerprint density at radius 1 is 1.53 bits per heavy atom. The Hall–Kier alpha value is -0.680. The highest BCUT2D eigenvalue weighted by molar-refractivity contribution is 7.52. The van der Waals surface area contributed by atoms with Crippen molar-refractivity contribution in [2.75, 3.05) is 27.9 Å². The quantitative estimate of drug-likeness (QED) is 0.600. The van der Waals surface area contributed by atoms with E-state index in [1.807, 2.05) is 18.9 Å². The van der Waals surface area contributed by atoms with E-state index in [0.717, 1.165) is 12.8 Å². The van der Waals surface area contributed by atoms with E-state index in [0.29, 0.717) is 12.3 Å². The molecular weight excluding hydrogens is 267 g/mol. The summed E-state index contributed by atoms with van der Waals surface area (Å²) in [5.41, 5.74) is 1.19. The van der Waals surface area contributed by atoms with Crippen LogP contribution in [-0.4, -0.2) is 49.8 Å². The molecule has 0 spiro atoms. The minimum absolute atomic E-state index is 0.169. The summed E-state index contributed by atoms with van der Waals surface area (Å²) in [6.07, 6.45) is 4.30. The molecule has 1 rings (SSSR count). The maximum Gasteiger partial charge on any atom is 0.454 e. The highest BCUT2D eigenvalue weighted by Crippen LogP contribution is 2.49. The van der Waals surface area contributed by atoms with Gasteiger partial charge in [-0.15, -0.1) is 0 Å². The van der Waals surface area contributed by atoms with Crippen LogP contribution >= 0.6 is 7.75 Å². The molecule has 0 saturated carbocycles. The molecular formula is C12H23N2O4P. The first-order chi connectivity index (χ1) is 8.95. The number of rotatable bonds is 6. The molecule has 0 radical (unpaired) electrons. The predicted octanol–water partition coefficient (Wildman–Crippen LogP) is 2.21. The third kappa shape index (κ3) is 4.42. The van der Waals surface area contributed by atoms with Gasteiger partial charge in [0.1, 0.15) is 5.84 Å². The van der Waals surface area contributed by atoms with Crippen molar-refractivity contribution < 1.29 is 18.7 Å². The molecule has 1 heterocycles. The molecule has 0 bridgehead atoms. The molecule has 0 aromatic rings. The van der Waals surface area contributed by atoms with E-state index in [-0.39, 0.29) is 12.6 Å². The number of hydrogen-bond donors (Lipinski definition) is 1. The number of likely N-dealkylation sites (N-methyl/N-ethyl adjacent to an activating group) is 1. The summed E-state index contributed by atoms with van der Waals surface area (Å²) in [5.74, 6) is 0.690. The van der Waals surface area contributed by atoms with Crippen LogP contribution in [0.15, 0.2) is 16.4 Å². The van der Waals surface area contributed by atoms with Crippen molar-refractivity contribution in [2.24, 2.45) is 4.76 Å². The van der Waals surface area contributed by atoms with Crippen molar-refractivity contribution in [3.05, 3.63) is 11.6 Å². The van der Waals surface area contributed by atoms with E-state index < -0.39 is 7.75 Å². The summed E-state index contributed by atoms with van der Waals surface area (Å²) < 4.78 is 25.9. The fourth-order valence-corrected chi connectivity index (χ4v) is 2.76. The average molecular weight is 290 g/mol. The van der Waals surface area contributed by atoms with Crippen LogP contribution < -0.4 is 0 Å². The largest absolute Gasteiger partial charge is 0.454 e. The molecule has 110 valence electrons. The molecule has 0 aromatic heterocycles. The van der Waals surface area contributed by atoms with Crippen LogP contribution in [0.1, 0.15) is 26.2 Å². The van der Waals surface area contributed by atoms with Crippen molar-refractivity contribution in [1.82, 2.24) is 4.90 Å². The zero-order valence-corrected chi connectivity index (χ0v) is 12.9. The van der Waals surface area contributed by atoms with Crippen LogP contribution in [0.25, 0.3) is 0 Å². The minimum Gasteiger partial charge on any atom is -0.396 e. The van der Waals surface area contributed by atoms with Crippen LogP contribution in [0.3, 0.4) is 0 Å². The first-order valence-corrected chi connectivity index (χ1v) is 7.79. The maximum atomic E-state index is 12.1. The first-order valence-electron chi connectivity index (χ1n) is 6.29. The monoisotopic (exact) mass is 290 g/mol. The number of hydrogen-bond acceptors (Lipinski definition) is 4. The molecule has 6 nitrogen and oxygen atoms in total. The second kappa shape index (κ2) is 7.20. The van der Waals surface area contributed by atoms with E-state index in [9.17, 15) is 4.57 Å². The summed E-state index contributed by atoms with van der Waals surface area (Å²) in [6, 6.07) is 0.170. The van der Waals surface area contributed by atoms with Gasteiger partial charge in [-0.25, -0.2) is 4.57 Å². The number of nitrogens with zero attached hydrogens (tertiary/aromatic N) is 2. The Balaban J connectivity index is 2.93. The van der Waals surface area contributed by atoms with Crippen molar-refractivity contribution in [3.8, 4) is 0 Å². The lowest BCUT2D eigenvalue weighted by molar-refractivity contribution is 0.276. The normalized spacial score (nSPS) is 22.8. The van der Waals surface area contributed by atoms with Gasteiger partial charge in [-0.05, 0) is 19.8 Å². The standard InChI is InChI=1S/C12H23N2O4P/c1-10-8-11(6-5-7-15)9-12(14(10)2)13-19(16,17-3)18-4/h8,10,15H,5-7,9H2,1-4H3/b13-12-. The van der Waals surface area contributed by atoms with Gasteiger partial charge in [0, 0.05) is 40.3 Å². The molecule has 1 aliphatic rings. The number of aliphatic hydroxyl groups is 1. The van der Waals surface area contributed by atoms with Gasteiger partial charge in [0.2, 0.25) is 0 Å². The van der Waals surface area contributed by atoms with E-state index >= 15 is 0 Å². The van der Waals surface area contributed by atoms with Crippen LogP contribution in [-0.2, 0) is 13.6 Å². The van der Waals surface area contributed by atoms with E-state index in [1.54, 1.807) is 0 Å².